The van der Waals surface area contributed by atoms with Crippen molar-refractivity contribution in [2.24, 2.45) is 27.6 Å². The fourth-order valence-corrected chi connectivity index (χ4v) is 3.51. The van der Waals surface area contributed by atoms with Crippen LogP contribution >= 0.6 is 0 Å². The van der Waals surface area contributed by atoms with E-state index in [4.69, 9.17) is 15.9 Å². The Balaban J connectivity index is 1.77. The first kappa shape index (κ1) is 25.2. The lowest BCUT2D eigenvalue weighted by Crippen LogP contribution is -2.44. The van der Waals surface area contributed by atoms with E-state index < -0.39 is 5.92 Å². The van der Waals surface area contributed by atoms with Crippen molar-refractivity contribution in [1.82, 2.24) is 25.1 Å². The molecule has 34 heavy (non-hydrogen) atoms. The van der Waals surface area contributed by atoms with E-state index in [1.165, 1.54) is 6.20 Å². The number of likely N-dealkylation sites (tertiary alicyclic amines) is 1. The summed E-state index contributed by atoms with van der Waals surface area (Å²) in [6, 6.07) is 0. The number of carbonyl (C=O) groups excluding carboxylic acids is 1. The zero-order valence-corrected chi connectivity index (χ0v) is 20.3. The van der Waals surface area contributed by atoms with Crippen molar-refractivity contribution in [3.63, 3.8) is 0 Å². The molecular formula is C22H33N9O3. The Morgan fingerprint density at radius 2 is 2.00 bits per heavy atom. The molecular weight excluding hydrogens is 438 g/mol. The highest BCUT2D eigenvalue weighted by Gasteiger charge is 2.28. The van der Waals surface area contributed by atoms with Gasteiger partial charge >= 0.3 is 0 Å². The number of hydrogen-bond donors (Lipinski definition) is 3. The monoisotopic (exact) mass is 471 g/mol. The van der Waals surface area contributed by atoms with Gasteiger partial charge in [-0.15, -0.1) is 10.2 Å². The van der Waals surface area contributed by atoms with Crippen LogP contribution in [0.15, 0.2) is 20.6 Å². The molecule has 0 aliphatic carbocycles. The van der Waals surface area contributed by atoms with Crippen LogP contribution in [0.4, 0.5) is 5.82 Å². The Morgan fingerprint density at radius 3 is 2.56 bits per heavy atom. The molecule has 0 spiro atoms. The van der Waals surface area contributed by atoms with Crippen LogP contribution in [0, 0.1) is 11.8 Å². The molecule has 3 rings (SSSR count). The summed E-state index contributed by atoms with van der Waals surface area (Å²) < 4.78 is 5.76. The van der Waals surface area contributed by atoms with Crippen molar-refractivity contribution >= 4 is 23.4 Å². The molecule has 5 N–H and O–H groups in total. The predicted molar refractivity (Wildman–Crippen MR) is 128 cm³/mol. The maximum absolute atomic E-state index is 12.3. The average molecular weight is 472 g/mol. The SMILES string of the molecule is CN=C(N=C(N)C1CCN(C(=O)[C@H](C)CO)CC1)c1cnc(N)c(-c2nnc(C(C)(C)C)o2)n1. The summed E-state index contributed by atoms with van der Waals surface area (Å²) in [5.41, 5.74) is 12.6. The second-order valence-electron chi connectivity index (χ2n) is 9.42. The highest BCUT2D eigenvalue weighted by Crippen LogP contribution is 2.27. The molecule has 1 amide bonds. The molecule has 2 aromatic rings. The van der Waals surface area contributed by atoms with Gasteiger partial charge in [0.15, 0.2) is 17.3 Å². The number of aliphatic imine (C=N–C) groups is 2. The van der Waals surface area contributed by atoms with Crippen molar-refractivity contribution in [2.75, 3.05) is 32.5 Å². The third kappa shape index (κ3) is 5.56. The normalized spacial score (nSPS) is 17.2. The van der Waals surface area contributed by atoms with Crippen LogP contribution in [0.1, 0.15) is 52.1 Å². The lowest BCUT2D eigenvalue weighted by Gasteiger charge is -2.33. The van der Waals surface area contributed by atoms with Crippen molar-refractivity contribution in [2.45, 2.75) is 46.0 Å². The van der Waals surface area contributed by atoms with E-state index in [-0.39, 0.29) is 41.2 Å². The molecule has 0 bridgehead atoms. The van der Waals surface area contributed by atoms with Crippen LogP contribution in [0.5, 0.6) is 0 Å². The predicted octanol–water partition coefficient (Wildman–Crippen LogP) is 1.01. The Labute approximate surface area is 198 Å². The van der Waals surface area contributed by atoms with E-state index in [1.807, 2.05) is 20.8 Å². The summed E-state index contributed by atoms with van der Waals surface area (Å²) in [4.78, 5) is 31.5. The number of nitrogens with zero attached hydrogens (tertiary/aromatic N) is 7. The van der Waals surface area contributed by atoms with Gasteiger partial charge in [0.25, 0.3) is 5.89 Å². The third-order valence-corrected chi connectivity index (χ3v) is 5.67. The smallest absolute Gasteiger partial charge is 0.270 e. The minimum absolute atomic E-state index is 0.00303. The lowest BCUT2D eigenvalue weighted by molar-refractivity contribution is -0.137. The van der Waals surface area contributed by atoms with Crippen molar-refractivity contribution < 1.29 is 14.3 Å². The number of rotatable bonds is 5. The van der Waals surface area contributed by atoms with Crippen molar-refractivity contribution in [3.05, 3.63) is 17.8 Å². The molecule has 1 aliphatic heterocycles. The second-order valence-corrected chi connectivity index (χ2v) is 9.42. The molecule has 2 aromatic heterocycles. The Kier molecular flexibility index (Phi) is 7.60. The second kappa shape index (κ2) is 10.2. The summed E-state index contributed by atoms with van der Waals surface area (Å²) >= 11 is 0. The van der Waals surface area contributed by atoms with Crippen LogP contribution in [-0.4, -0.2) is 74.5 Å². The third-order valence-electron chi connectivity index (χ3n) is 5.67. The summed E-state index contributed by atoms with van der Waals surface area (Å²) in [5, 5.41) is 17.4. The van der Waals surface area contributed by atoms with Crippen LogP contribution in [0.25, 0.3) is 11.6 Å². The molecule has 1 atom stereocenters. The first-order valence-electron chi connectivity index (χ1n) is 11.2. The minimum atomic E-state index is -0.405. The van der Waals surface area contributed by atoms with Gasteiger partial charge in [-0.05, 0) is 12.8 Å². The molecule has 0 radical (unpaired) electrons. The molecule has 3 heterocycles. The first-order valence-corrected chi connectivity index (χ1v) is 11.2. The van der Waals surface area contributed by atoms with E-state index in [0.29, 0.717) is 49.2 Å². The maximum Gasteiger partial charge on any atom is 0.270 e. The summed E-state index contributed by atoms with van der Waals surface area (Å²) in [6.07, 6.45) is 2.81. The molecule has 184 valence electrons. The van der Waals surface area contributed by atoms with Gasteiger partial charge in [-0.25, -0.2) is 15.0 Å². The van der Waals surface area contributed by atoms with E-state index in [2.05, 4.69) is 30.2 Å². The fraction of sp³-hybridized carbons (Fsp3) is 0.591. The number of anilines is 1. The number of nitrogens with two attached hydrogens (primary N) is 2. The van der Waals surface area contributed by atoms with Gasteiger partial charge in [0.2, 0.25) is 11.8 Å². The van der Waals surface area contributed by atoms with E-state index in [0.717, 1.165) is 0 Å². The zero-order valence-electron chi connectivity index (χ0n) is 20.3. The lowest BCUT2D eigenvalue weighted by atomic mass is 9.95. The van der Waals surface area contributed by atoms with Crippen LogP contribution in [0.3, 0.4) is 0 Å². The number of aliphatic hydroxyl groups is 1. The minimum Gasteiger partial charge on any atom is -0.419 e. The number of hydrogen-bond acceptors (Lipinski definition) is 9. The number of piperidine rings is 1. The number of amidine groups is 2. The van der Waals surface area contributed by atoms with E-state index >= 15 is 0 Å². The molecule has 12 nitrogen and oxygen atoms in total. The summed E-state index contributed by atoms with van der Waals surface area (Å²) in [5.74, 6) is 1.03. The summed E-state index contributed by atoms with van der Waals surface area (Å²) in [6.45, 7) is 8.55. The van der Waals surface area contributed by atoms with Gasteiger partial charge in [0.05, 0.1) is 18.7 Å². The molecule has 0 unspecified atom stereocenters. The number of aromatic nitrogens is 4. The van der Waals surface area contributed by atoms with Crippen LogP contribution in [0.2, 0.25) is 0 Å². The molecule has 1 aliphatic rings. The molecule has 12 heteroatoms. The van der Waals surface area contributed by atoms with Gasteiger partial charge in [0.1, 0.15) is 11.5 Å². The largest absolute Gasteiger partial charge is 0.419 e. The van der Waals surface area contributed by atoms with Gasteiger partial charge in [0, 0.05) is 31.5 Å². The summed E-state index contributed by atoms with van der Waals surface area (Å²) in [7, 11) is 1.59. The van der Waals surface area contributed by atoms with Crippen LogP contribution in [-0.2, 0) is 10.2 Å². The number of carbonyl (C=O) groups is 1. The molecule has 0 aromatic carbocycles. The quantitative estimate of drug-likeness (QED) is 0.423. The first-order chi connectivity index (χ1) is 16.0. The number of nitrogen functional groups attached to an aromatic ring is 1. The number of aliphatic hydroxyl groups excluding tert-OH is 1. The molecule has 0 saturated carbocycles. The average Bonchev–Trinajstić information content (AvgIpc) is 3.33. The molecule has 1 saturated heterocycles. The number of amides is 1. The standard InChI is InChI=1S/C22H33N9O3/c1-12(11-32)20(33)31-8-6-13(7-9-31)16(23)28-18(25-5)14-10-26-17(24)15(27-14)19-29-30-21(34-19)22(2,3)4/h10,12-13,32H,6-9,11H2,1-5H3,(H2,24,26)(H2,23,25,28)/t12-/m1/s1. The Hall–Kier alpha value is -3.41. The van der Waals surface area contributed by atoms with Crippen molar-refractivity contribution in [3.8, 4) is 11.6 Å². The van der Waals surface area contributed by atoms with Crippen LogP contribution < -0.4 is 11.5 Å². The fourth-order valence-electron chi connectivity index (χ4n) is 3.51. The topological polar surface area (TPSA) is 182 Å². The zero-order chi connectivity index (χ0) is 25.0. The van der Waals surface area contributed by atoms with Gasteiger partial charge in [-0.3, -0.25) is 9.79 Å². The van der Waals surface area contributed by atoms with Gasteiger partial charge in [-0.2, -0.15) is 0 Å². The maximum atomic E-state index is 12.3. The Bertz CT molecular complexity index is 1080. The Morgan fingerprint density at radius 1 is 1.32 bits per heavy atom. The van der Waals surface area contributed by atoms with Gasteiger partial charge < -0.3 is 25.9 Å². The highest BCUT2D eigenvalue weighted by atomic mass is 16.4. The van der Waals surface area contributed by atoms with Gasteiger partial charge in [-0.1, -0.05) is 27.7 Å². The molecule has 1 fully saturated rings. The van der Waals surface area contributed by atoms with E-state index in [9.17, 15) is 9.90 Å². The highest BCUT2D eigenvalue weighted by molar-refractivity contribution is 6.05. The van der Waals surface area contributed by atoms with Crippen molar-refractivity contribution in [1.29, 1.82) is 0 Å². The van der Waals surface area contributed by atoms with E-state index in [1.54, 1.807) is 18.9 Å².